The largest absolute Gasteiger partial charge is 0.539 e. The number of rotatable bonds is 6. The summed E-state index contributed by atoms with van der Waals surface area (Å²) in [5.41, 5.74) is 0. The van der Waals surface area contributed by atoms with Gasteiger partial charge in [0.1, 0.15) is 0 Å². The number of hydrogen-bond donors (Lipinski definition) is 0. The van der Waals surface area contributed by atoms with E-state index in [1.165, 1.54) is 27.4 Å². The monoisotopic (exact) mass is 220 g/mol. The van der Waals surface area contributed by atoms with Crippen LogP contribution in [0.1, 0.15) is 6.92 Å². The number of carbonyl (C=O) groups is 1. The SMILES string of the molecule is CC=CC(=O)OC[Si](OC)(OC)OC. The average Bonchev–Trinajstić information content (AvgIpc) is 2.21. The minimum Gasteiger partial charge on any atom is -0.458 e. The van der Waals surface area contributed by atoms with Crippen molar-refractivity contribution in [2.24, 2.45) is 0 Å². The van der Waals surface area contributed by atoms with Gasteiger partial charge in [-0.05, 0) is 6.92 Å². The van der Waals surface area contributed by atoms with Gasteiger partial charge in [0.25, 0.3) is 0 Å². The Hall–Kier alpha value is -0.693. The Morgan fingerprint density at radius 1 is 1.21 bits per heavy atom. The van der Waals surface area contributed by atoms with E-state index in [2.05, 4.69) is 0 Å². The number of ether oxygens (including phenoxy) is 1. The van der Waals surface area contributed by atoms with Crippen molar-refractivity contribution in [1.82, 2.24) is 0 Å². The van der Waals surface area contributed by atoms with Crippen molar-refractivity contribution in [3.63, 3.8) is 0 Å². The summed E-state index contributed by atoms with van der Waals surface area (Å²) in [6.45, 7) is 1.73. The molecule has 0 atom stereocenters. The highest BCUT2D eigenvalue weighted by Crippen LogP contribution is 2.06. The second kappa shape index (κ2) is 6.72. The Balaban J connectivity index is 4.12. The van der Waals surface area contributed by atoms with Crippen LogP contribution in [0.15, 0.2) is 12.2 Å². The number of allylic oxidation sites excluding steroid dienone is 1. The van der Waals surface area contributed by atoms with Crippen molar-refractivity contribution in [3.8, 4) is 0 Å². The van der Waals surface area contributed by atoms with Crippen molar-refractivity contribution >= 4 is 14.8 Å². The molecular weight excluding hydrogens is 204 g/mol. The second-order valence-corrected chi connectivity index (χ2v) is 5.28. The van der Waals surface area contributed by atoms with E-state index in [4.69, 9.17) is 18.0 Å². The maximum atomic E-state index is 11.0. The minimum atomic E-state index is -2.79. The Bertz CT molecular complexity index is 192. The van der Waals surface area contributed by atoms with Gasteiger partial charge >= 0.3 is 14.8 Å². The van der Waals surface area contributed by atoms with Crippen LogP contribution >= 0.6 is 0 Å². The molecule has 0 amide bonds. The number of hydrogen-bond acceptors (Lipinski definition) is 5. The van der Waals surface area contributed by atoms with Crippen molar-refractivity contribution in [2.45, 2.75) is 6.92 Å². The van der Waals surface area contributed by atoms with Gasteiger partial charge in [-0.25, -0.2) is 4.79 Å². The third-order valence-electron chi connectivity index (χ3n) is 1.63. The molecule has 0 bridgehead atoms. The van der Waals surface area contributed by atoms with Gasteiger partial charge in [-0.15, -0.1) is 0 Å². The topological polar surface area (TPSA) is 54.0 Å². The molecule has 0 aromatic carbocycles. The zero-order chi connectivity index (χ0) is 11.0. The van der Waals surface area contributed by atoms with E-state index >= 15 is 0 Å². The van der Waals surface area contributed by atoms with Crippen LogP contribution < -0.4 is 0 Å². The summed E-state index contributed by atoms with van der Waals surface area (Å²) in [6.07, 6.45) is 2.93. The molecule has 0 aliphatic heterocycles. The van der Waals surface area contributed by atoms with E-state index in [-0.39, 0.29) is 6.23 Å². The Morgan fingerprint density at radius 2 is 1.71 bits per heavy atom. The molecule has 0 aromatic rings. The van der Waals surface area contributed by atoms with Crippen LogP contribution in [0.25, 0.3) is 0 Å². The van der Waals surface area contributed by atoms with E-state index < -0.39 is 14.8 Å². The minimum absolute atomic E-state index is 0.0136. The third kappa shape index (κ3) is 4.01. The maximum Gasteiger partial charge on any atom is 0.539 e. The molecule has 0 saturated carbocycles. The molecule has 0 unspecified atom stereocenters. The summed E-state index contributed by atoms with van der Waals surface area (Å²) in [7, 11) is 1.60. The molecule has 0 spiro atoms. The highest BCUT2D eigenvalue weighted by atomic mass is 28.4. The Morgan fingerprint density at radius 3 is 2.07 bits per heavy atom. The zero-order valence-electron chi connectivity index (χ0n) is 8.90. The lowest BCUT2D eigenvalue weighted by Crippen LogP contribution is -2.48. The second-order valence-electron chi connectivity index (χ2n) is 2.40. The molecule has 82 valence electrons. The number of esters is 1. The molecule has 0 rings (SSSR count). The summed E-state index contributed by atoms with van der Waals surface area (Å²) in [5.74, 6) is -0.435. The normalized spacial score (nSPS) is 12.0. The predicted octanol–water partition coefficient (Wildman–Crippen LogP) is 0.523. The summed E-state index contributed by atoms with van der Waals surface area (Å²) < 4.78 is 20.1. The Kier molecular flexibility index (Phi) is 6.38. The first-order valence-corrected chi connectivity index (χ1v) is 6.02. The first-order chi connectivity index (χ1) is 6.64. The standard InChI is InChI=1S/C8H16O5Si/c1-5-6-8(9)13-7-14(10-2,11-3)12-4/h5-6H,7H2,1-4H3. The number of carbonyl (C=O) groups excluding carboxylic acids is 1. The van der Waals surface area contributed by atoms with Crippen LogP contribution in [-0.2, 0) is 22.8 Å². The van der Waals surface area contributed by atoms with Crippen molar-refractivity contribution in [2.75, 3.05) is 27.6 Å². The fourth-order valence-electron chi connectivity index (χ4n) is 0.770. The quantitative estimate of drug-likeness (QED) is 0.371. The van der Waals surface area contributed by atoms with Crippen LogP contribution in [0.2, 0.25) is 0 Å². The lowest BCUT2D eigenvalue weighted by molar-refractivity contribution is -0.137. The molecular formula is C8H16O5Si. The van der Waals surface area contributed by atoms with E-state index in [9.17, 15) is 4.79 Å². The first kappa shape index (κ1) is 13.3. The molecule has 0 radical (unpaired) electrons. The van der Waals surface area contributed by atoms with Gasteiger partial charge in [-0.3, -0.25) is 0 Å². The summed E-state index contributed by atoms with van der Waals surface area (Å²) in [4.78, 5) is 11.0. The third-order valence-corrected chi connectivity index (χ3v) is 3.99. The summed E-state index contributed by atoms with van der Waals surface area (Å²) in [6, 6.07) is 0. The van der Waals surface area contributed by atoms with Crippen LogP contribution in [-0.4, -0.2) is 42.3 Å². The summed E-state index contributed by atoms with van der Waals surface area (Å²) in [5, 5.41) is 0. The van der Waals surface area contributed by atoms with Crippen molar-refractivity contribution < 1.29 is 22.8 Å². The highest BCUT2D eigenvalue weighted by Gasteiger charge is 2.39. The molecule has 0 N–H and O–H groups in total. The zero-order valence-corrected chi connectivity index (χ0v) is 9.90. The predicted molar refractivity (Wildman–Crippen MR) is 52.6 cm³/mol. The van der Waals surface area contributed by atoms with Crippen molar-refractivity contribution in [3.05, 3.63) is 12.2 Å². The fraction of sp³-hybridized carbons (Fsp3) is 0.625. The molecule has 0 aromatic heterocycles. The van der Waals surface area contributed by atoms with Gasteiger partial charge in [0.2, 0.25) is 0 Å². The molecule has 0 aliphatic rings. The fourth-order valence-corrected chi connectivity index (χ4v) is 1.94. The first-order valence-electron chi connectivity index (χ1n) is 4.09. The lowest BCUT2D eigenvalue weighted by atomic mass is 10.5. The average molecular weight is 220 g/mol. The maximum absolute atomic E-state index is 11.0. The van der Waals surface area contributed by atoms with Gasteiger partial charge in [-0.1, -0.05) is 6.08 Å². The molecule has 0 saturated heterocycles. The van der Waals surface area contributed by atoms with Crippen LogP contribution in [0.5, 0.6) is 0 Å². The van der Waals surface area contributed by atoms with Crippen LogP contribution in [0.4, 0.5) is 0 Å². The smallest absolute Gasteiger partial charge is 0.458 e. The Labute approximate surface area is 85.0 Å². The molecule has 0 aliphatic carbocycles. The van der Waals surface area contributed by atoms with Gasteiger partial charge in [0, 0.05) is 27.4 Å². The van der Waals surface area contributed by atoms with Gasteiger partial charge in [0.05, 0.1) is 0 Å². The lowest BCUT2D eigenvalue weighted by Gasteiger charge is -2.23. The van der Waals surface area contributed by atoms with E-state index in [0.29, 0.717) is 0 Å². The van der Waals surface area contributed by atoms with Crippen LogP contribution in [0, 0.1) is 0 Å². The highest BCUT2D eigenvalue weighted by molar-refractivity contribution is 6.60. The van der Waals surface area contributed by atoms with Gasteiger partial charge < -0.3 is 18.0 Å². The summed E-state index contributed by atoms with van der Waals surface area (Å²) >= 11 is 0. The van der Waals surface area contributed by atoms with E-state index in [1.807, 2.05) is 0 Å². The molecule has 5 nitrogen and oxygen atoms in total. The van der Waals surface area contributed by atoms with Crippen molar-refractivity contribution in [1.29, 1.82) is 0 Å². The van der Waals surface area contributed by atoms with E-state index in [1.54, 1.807) is 13.0 Å². The molecule has 0 fully saturated rings. The molecule has 0 heterocycles. The molecule has 6 heteroatoms. The van der Waals surface area contributed by atoms with Gasteiger partial charge in [0.15, 0.2) is 6.23 Å². The van der Waals surface area contributed by atoms with Crippen LogP contribution in [0.3, 0.4) is 0 Å². The van der Waals surface area contributed by atoms with E-state index in [0.717, 1.165) is 0 Å². The molecule has 14 heavy (non-hydrogen) atoms. The van der Waals surface area contributed by atoms with Gasteiger partial charge in [-0.2, -0.15) is 0 Å².